The molecule has 0 bridgehead atoms. The number of halogens is 1. The normalized spacial score (nSPS) is 10.4. The summed E-state index contributed by atoms with van der Waals surface area (Å²) >= 11 is 3.42. The summed E-state index contributed by atoms with van der Waals surface area (Å²) in [5, 5.41) is 15.9. The van der Waals surface area contributed by atoms with Gasteiger partial charge in [0.25, 0.3) is 5.91 Å². The summed E-state index contributed by atoms with van der Waals surface area (Å²) in [6.45, 7) is 1.64. The van der Waals surface area contributed by atoms with Crippen molar-refractivity contribution in [2.75, 3.05) is 5.32 Å². The fraction of sp³-hybridized carbons (Fsp3) is 0.0833. The summed E-state index contributed by atoms with van der Waals surface area (Å²) < 4.78 is 6.72. The Morgan fingerprint density at radius 1 is 1.12 bits per heavy atom. The summed E-state index contributed by atoms with van der Waals surface area (Å²) in [5.41, 5.74) is 5.45. The van der Waals surface area contributed by atoms with Gasteiger partial charge in [-0.3, -0.25) is 9.59 Å². The number of hydrogen-bond acceptors (Lipinski definition) is 5. The van der Waals surface area contributed by atoms with E-state index in [4.69, 9.17) is 4.74 Å². The quantitative estimate of drug-likeness (QED) is 0.372. The van der Waals surface area contributed by atoms with Gasteiger partial charge >= 0.3 is 0 Å². The smallest absolute Gasteiger partial charge is 0.271 e. The van der Waals surface area contributed by atoms with Crippen LogP contribution in [0, 0.1) is 11.3 Å². The predicted molar refractivity (Wildman–Crippen MR) is 125 cm³/mol. The van der Waals surface area contributed by atoms with Crippen molar-refractivity contribution in [1.29, 1.82) is 5.26 Å². The van der Waals surface area contributed by atoms with Gasteiger partial charge in [-0.1, -0.05) is 34.1 Å². The van der Waals surface area contributed by atoms with Gasteiger partial charge in [-0.25, -0.2) is 5.43 Å². The first-order valence-electron chi connectivity index (χ1n) is 9.57. The zero-order valence-electron chi connectivity index (χ0n) is 17.1. The van der Waals surface area contributed by atoms with E-state index in [1.54, 1.807) is 42.5 Å². The van der Waals surface area contributed by atoms with Crippen LogP contribution in [0.5, 0.6) is 5.75 Å². The molecular weight excluding hydrogens is 472 g/mol. The van der Waals surface area contributed by atoms with E-state index >= 15 is 0 Å². The maximum Gasteiger partial charge on any atom is 0.271 e. The highest BCUT2D eigenvalue weighted by Crippen LogP contribution is 2.23. The van der Waals surface area contributed by atoms with Crippen molar-refractivity contribution in [3.8, 4) is 11.8 Å². The predicted octanol–water partition coefficient (Wildman–Crippen LogP) is 4.62. The van der Waals surface area contributed by atoms with E-state index in [0.29, 0.717) is 28.1 Å². The molecule has 160 valence electrons. The van der Waals surface area contributed by atoms with Gasteiger partial charge < -0.3 is 10.1 Å². The second-order valence-electron chi connectivity index (χ2n) is 6.70. The summed E-state index contributed by atoms with van der Waals surface area (Å²) in [7, 11) is 0. The Kier molecular flexibility index (Phi) is 7.73. The van der Waals surface area contributed by atoms with E-state index < -0.39 is 5.91 Å². The third-order valence-corrected chi connectivity index (χ3v) is 4.82. The van der Waals surface area contributed by atoms with Gasteiger partial charge in [-0.2, -0.15) is 10.4 Å². The largest absolute Gasteiger partial charge is 0.488 e. The van der Waals surface area contributed by atoms with Crippen LogP contribution in [0.25, 0.3) is 0 Å². The van der Waals surface area contributed by atoms with E-state index in [9.17, 15) is 14.9 Å². The van der Waals surface area contributed by atoms with Crippen LogP contribution in [0.15, 0.2) is 76.3 Å². The summed E-state index contributed by atoms with van der Waals surface area (Å²) in [5.74, 6) is -0.0235. The van der Waals surface area contributed by atoms with Crippen LogP contribution in [-0.2, 0) is 11.4 Å². The Bertz CT molecular complexity index is 1200. The number of nitriles is 1. The number of ether oxygens (including phenoxy) is 1. The topological polar surface area (TPSA) is 104 Å². The molecule has 0 radical (unpaired) electrons. The van der Waals surface area contributed by atoms with E-state index in [1.165, 1.54) is 13.1 Å². The molecule has 3 aromatic rings. The molecule has 0 aliphatic heterocycles. The first-order valence-corrected chi connectivity index (χ1v) is 10.4. The molecule has 8 heteroatoms. The number of hydrazone groups is 1. The lowest BCUT2D eigenvalue weighted by Gasteiger charge is -2.10. The lowest BCUT2D eigenvalue weighted by molar-refractivity contribution is -0.114. The van der Waals surface area contributed by atoms with Crippen LogP contribution < -0.4 is 15.5 Å². The Hall–Kier alpha value is -3.96. The fourth-order valence-electron chi connectivity index (χ4n) is 2.80. The first kappa shape index (κ1) is 22.7. The third-order valence-electron chi connectivity index (χ3n) is 4.33. The standard InChI is InChI=1S/C24H19BrN4O3/c1-16(30)28-22-9-6-17(7-10-22)24(31)29-27-14-20-12-21(25)8-11-23(20)32-15-19-5-3-2-4-18(19)13-26/h2-12,14H,15H2,1H3,(H,28,30)(H,29,31). The van der Waals surface area contributed by atoms with Gasteiger partial charge in [-0.15, -0.1) is 0 Å². The molecule has 0 aromatic heterocycles. The van der Waals surface area contributed by atoms with Crippen molar-refractivity contribution < 1.29 is 14.3 Å². The van der Waals surface area contributed by atoms with Crippen molar-refractivity contribution in [3.05, 3.63) is 93.5 Å². The molecule has 0 unspecified atom stereocenters. The van der Waals surface area contributed by atoms with E-state index in [1.807, 2.05) is 24.3 Å². The molecule has 0 spiro atoms. The lowest BCUT2D eigenvalue weighted by Crippen LogP contribution is -2.17. The maximum atomic E-state index is 12.3. The van der Waals surface area contributed by atoms with Crippen LogP contribution in [0.3, 0.4) is 0 Å². The van der Waals surface area contributed by atoms with Gasteiger partial charge in [0.1, 0.15) is 12.4 Å². The average Bonchev–Trinajstić information content (AvgIpc) is 2.78. The Morgan fingerprint density at radius 3 is 2.59 bits per heavy atom. The van der Waals surface area contributed by atoms with Gasteiger partial charge in [0.15, 0.2) is 0 Å². The van der Waals surface area contributed by atoms with Crippen LogP contribution >= 0.6 is 15.9 Å². The van der Waals surface area contributed by atoms with Crippen molar-refractivity contribution in [2.45, 2.75) is 13.5 Å². The maximum absolute atomic E-state index is 12.3. The minimum Gasteiger partial charge on any atom is -0.488 e. The van der Waals surface area contributed by atoms with Gasteiger partial charge in [-0.05, 0) is 48.5 Å². The van der Waals surface area contributed by atoms with E-state index in [0.717, 1.165) is 10.0 Å². The number of hydrogen-bond donors (Lipinski definition) is 2. The number of benzene rings is 3. The number of amides is 2. The van der Waals surface area contributed by atoms with Crippen molar-refractivity contribution in [2.24, 2.45) is 5.10 Å². The molecule has 0 saturated heterocycles. The zero-order valence-corrected chi connectivity index (χ0v) is 18.7. The third kappa shape index (κ3) is 6.27. The number of anilines is 1. The molecule has 32 heavy (non-hydrogen) atoms. The highest BCUT2D eigenvalue weighted by molar-refractivity contribution is 9.10. The molecule has 0 heterocycles. The molecular formula is C24H19BrN4O3. The molecule has 7 nitrogen and oxygen atoms in total. The van der Waals surface area contributed by atoms with Crippen LogP contribution in [0.4, 0.5) is 5.69 Å². The van der Waals surface area contributed by atoms with Crippen molar-refractivity contribution in [3.63, 3.8) is 0 Å². The molecule has 2 amide bonds. The Labute approximate surface area is 193 Å². The molecule has 0 aliphatic rings. The van der Waals surface area contributed by atoms with E-state index in [-0.39, 0.29) is 12.5 Å². The molecule has 2 N–H and O–H groups in total. The summed E-state index contributed by atoms with van der Waals surface area (Å²) in [6.07, 6.45) is 1.49. The summed E-state index contributed by atoms with van der Waals surface area (Å²) in [6, 6.07) is 21.3. The molecule has 0 atom stereocenters. The minimum atomic E-state index is -0.393. The molecule has 3 aromatic carbocycles. The highest BCUT2D eigenvalue weighted by atomic mass is 79.9. The van der Waals surface area contributed by atoms with Crippen LogP contribution in [0.1, 0.15) is 34.0 Å². The second-order valence-corrected chi connectivity index (χ2v) is 7.61. The lowest BCUT2D eigenvalue weighted by atomic mass is 10.1. The van der Waals surface area contributed by atoms with Crippen molar-refractivity contribution >= 4 is 39.6 Å². The minimum absolute atomic E-state index is 0.185. The SMILES string of the molecule is CC(=O)Nc1ccc(C(=O)NN=Cc2cc(Br)ccc2OCc2ccccc2C#N)cc1. The average molecular weight is 491 g/mol. The summed E-state index contributed by atoms with van der Waals surface area (Å²) in [4.78, 5) is 23.4. The Balaban J connectivity index is 1.67. The van der Waals surface area contributed by atoms with Crippen LogP contribution in [0.2, 0.25) is 0 Å². The highest BCUT2D eigenvalue weighted by Gasteiger charge is 2.08. The first-order chi connectivity index (χ1) is 15.5. The molecule has 0 aliphatic carbocycles. The number of nitrogens with one attached hydrogen (secondary N) is 2. The monoisotopic (exact) mass is 490 g/mol. The Morgan fingerprint density at radius 2 is 1.88 bits per heavy atom. The number of carbonyl (C=O) groups excluding carboxylic acids is 2. The number of rotatable bonds is 7. The zero-order chi connectivity index (χ0) is 22.9. The number of nitrogens with zero attached hydrogens (tertiary/aromatic N) is 2. The number of carbonyl (C=O) groups is 2. The second kappa shape index (κ2) is 10.9. The molecule has 0 saturated carbocycles. The van der Waals surface area contributed by atoms with Gasteiger partial charge in [0.05, 0.1) is 17.8 Å². The van der Waals surface area contributed by atoms with Gasteiger partial charge in [0.2, 0.25) is 5.91 Å². The van der Waals surface area contributed by atoms with Gasteiger partial charge in [0, 0.05) is 33.8 Å². The van der Waals surface area contributed by atoms with E-state index in [2.05, 4.69) is 37.8 Å². The fourth-order valence-corrected chi connectivity index (χ4v) is 3.17. The van der Waals surface area contributed by atoms with Crippen molar-refractivity contribution in [1.82, 2.24) is 5.43 Å². The molecule has 0 fully saturated rings. The molecule has 3 rings (SSSR count). The van der Waals surface area contributed by atoms with Crippen LogP contribution in [-0.4, -0.2) is 18.0 Å².